The third-order valence-electron chi connectivity index (χ3n) is 6.92. The Bertz CT molecular complexity index is 1440. The molecule has 0 atom stereocenters. The second kappa shape index (κ2) is 10.2. The van der Waals surface area contributed by atoms with Gasteiger partial charge >= 0.3 is 0 Å². The molecular weight excluding hydrogens is 480 g/mol. The molecule has 1 fully saturated rings. The summed E-state index contributed by atoms with van der Waals surface area (Å²) in [6.45, 7) is 2.52. The summed E-state index contributed by atoms with van der Waals surface area (Å²) in [6, 6.07) is 10.6. The van der Waals surface area contributed by atoms with Crippen LogP contribution in [0.2, 0.25) is 0 Å². The average Bonchev–Trinajstić information content (AvgIpc) is 3.22. The van der Waals surface area contributed by atoms with Gasteiger partial charge in [0.2, 0.25) is 6.61 Å². The van der Waals surface area contributed by atoms with Crippen molar-refractivity contribution < 1.29 is 18.4 Å². The minimum atomic E-state index is -1.01. The van der Waals surface area contributed by atoms with Crippen LogP contribution in [0, 0.1) is 23.0 Å². The number of fused-ring (bicyclic) bond motifs is 2. The number of oxime groups is 1. The lowest BCUT2D eigenvalue weighted by atomic mass is 9.84. The zero-order chi connectivity index (χ0) is 26.0. The fraction of sp³-hybridized carbons (Fsp3) is 0.333. The number of aryl methyl sites for hydroxylation is 1. The van der Waals surface area contributed by atoms with E-state index in [1.54, 1.807) is 29.9 Å². The van der Waals surface area contributed by atoms with Crippen LogP contribution in [0.25, 0.3) is 0 Å². The van der Waals surface area contributed by atoms with Gasteiger partial charge in [0.05, 0.1) is 17.9 Å². The summed E-state index contributed by atoms with van der Waals surface area (Å²) in [5.41, 5.74) is 3.53. The highest BCUT2D eigenvalue weighted by atomic mass is 19.2. The number of pyridine rings is 2. The molecule has 0 N–H and O–H groups in total. The minimum absolute atomic E-state index is 0.0264. The van der Waals surface area contributed by atoms with Crippen molar-refractivity contribution in [3.8, 4) is 6.07 Å². The van der Waals surface area contributed by atoms with Crippen molar-refractivity contribution in [1.82, 2.24) is 14.5 Å². The highest BCUT2D eigenvalue weighted by Gasteiger charge is 2.43. The summed E-state index contributed by atoms with van der Waals surface area (Å²) in [5.74, 6) is -1.99. The van der Waals surface area contributed by atoms with Crippen LogP contribution >= 0.6 is 0 Å². The molecule has 2 aliphatic rings. The Labute approximate surface area is 212 Å². The highest BCUT2D eigenvalue weighted by Crippen LogP contribution is 2.43. The van der Waals surface area contributed by atoms with Crippen LogP contribution in [0.3, 0.4) is 0 Å². The van der Waals surface area contributed by atoms with Crippen molar-refractivity contribution >= 4 is 5.71 Å². The Morgan fingerprint density at radius 3 is 2.73 bits per heavy atom. The third-order valence-corrected chi connectivity index (χ3v) is 6.92. The van der Waals surface area contributed by atoms with Gasteiger partial charge in [-0.05, 0) is 48.2 Å². The van der Waals surface area contributed by atoms with E-state index in [1.807, 2.05) is 18.3 Å². The molecule has 2 aliphatic heterocycles. The molecule has 2 aromatic heterocycles. The van der Waals surface area contributed by atoms with Crippen molar-refractivity contribution in [2.45, 2.75) is 31.6 Å². The molecule has 0 aliphatic carbocycles. The second-order valence-corrected chi connectivity index (χ2v) is 9.27. The first-order valence-corrected chi connectivity index (χ1v) is 11.9. The first kappa shape index (κ1) is 24.7. The molecule has 1 saturated heterocycles. The fourth-order valence-corrected chi connectivity index (χ4v) is 4.94. The Hall–Kier alpha value is -3.94. The van der Waals surface area contributed by atoms with Gasteiger partial charge in [-0.1, -0.05) is 11.2 Å². The molecule has 190 valence electrons. The number of hydrogen-bond donors (Lipinski definition) is 0. The molecule has 5 rings (SSSR count). The lowest BCUT2D eigenvalue weighted by Crippen LogP contribution is -2.42. The molecule has 0 radical (unpaired) electrons. The number of likely N-dealkylation sites (tertiary alicyclic amines) is 1. The third kappa shape index (κ3) is 5.01. The van der Waals surface area contributed by atoms with E-state index in [4.69, 9.17) is 14.8 Å². The van der Waals surface area contributed by atoms with E-state index in [0.29, 0.717) is 18.8 Å². The summed E-state index contributed by atoms with van der Waals surface area (Å²) < 4.78 is 35.0. The zero-order valence-corrected chi connectivity index (χ0v) is 20.3. The van der Waals surface area contributed by atoms with Crippen LogP contribution in [0.5, 0.6) is 0 Å². The molecule has 3 aromatic rings. The summed E-state index contributed by atoms with van der Waals surface area (Å²) in [5, 5.41) is 12.7. The van der Waals surface area contributed by atoms with Gasteiger partial charge in [-0.15, -0.1) is 0 Å². The number of piperidine rings is 1. The minimum Gasteiger partial charge on any atom is -0.380 e. The van der Waals surface area contributed by atoms with Crippen LogP contribution in [0.1, 0.15) is 40.8 Å². The molecule has 4 heterocycles. The van der Waals surface area contributed by atoms with Crippen LogP contribution in [0.15, 0.2) is 58.7 Å². The summed E-state index contributed by atoms with van der Waals surface area (Å²) in [7, 11) is 1.75. The topological polar surface area (TPSA) is 92.7 Å². The van der Waals surface area contributed by atoms with Gasteiger partial charge in [0.1, 0.15) is 11.8 Å². The lowest BCUT2D eigenvalue weighted by Gasteiger charge is -2.39. The molecule has 10 heteroatoms. The first-order chi connectivity index (χ1) is 17.9. The van der Waals surface area contributed by atoms with E-state index in [9.17, 15) is 13.6 Å². The Morgan fingerprint density at radius 1 is 1.22 bits per heavy atom. The van der Waals surface area contributed by atoms with E-state index in [1.165, 1.54) is 6.07 Å². The van der Waals surface area contributed by atoms with Gasteiger partial charge in [-0.25, -0.2) is 8.78 Å². The number of nitrogens with zero attached hydrogens (tertiary/aromatic N) is 5. The molecular formula is C27H25F2N5O3. The van der Waals surface area contributed by atoms with E-state index in [0.717, 1.165) is 54.8 Å². The first-order valence-electron chi connectivity index (χ1n) is 11.9. The molecule has 1 spiro atoms. The SMILES string of the molecule is Cn1cc2c(cc1=O)C1(CCN(Cc3ccc(/C(=N\OCC#N)c4ccc(F)c(F)c4)nc3)CC1)OC2. The van der Waals surface area contributed by atoms with Gasteiger partial charge in [-0.2, -0.15) is 5.26 Å². The quantitative estimate of drug-likeness (QED) is 0.290. The fourth-order valence-electron chi connectivity index (χ4n) is 4.94. The van der Waals surface area contributed by atoms with E-state index in [-0.39, 0.29) is 23.4 Å². The van der Waals surface area contributed by atoms with Gasteiger partial charge in [0.15, 0.2) is 11.6 Å². The molecule has 0 unspecified atom stereocenters. The average molecular weight is 506 g/mol. The zero-order valence-electron chi connectivity index (χ0n) is 20.3. The van der Waals surface area contributed by atoms with Crippen LogP contribution in [-0.2, 0) is 35.4 Å². The maximum Gasteiger partial charge on any atom is 0.250 e. The Kier molecular flexibility index (Phi) is 6.82. The summed E-state index contributed by atoms with van der Waals surface area (Å²) in [6.07, 6.45) is 5.17. The largest absolute Gasteiger partial charge is 0.380 e. The normalized spacial score (nSPS) is 17.0. The smallest absolute Gasteiger partial charge is 0.250 e. The number of benzene rings is 1. The summed E-state index contributed by atoms with van der Waals surface area (Å²) in [4.78, 5) is 24.0. The van der Waals surface area contributed by atoms with E-state index >= 15 is 0 Å². The second-order valence-electron chi connectivity index (χ2n) is 9.27. The number of rotatable bonds is 6. The molecule has 37 heavy (non-hydrogen) atoms. The Morgan fingerprint density at radius 2 is 2.03 bits per heavy atom. The van der Waals surface area contributed by atoms with Crippen molar-refractivity contribution in [2.75, 3.05) is 19.7 Å². The lowest BCUT2D eigenvalue weighted by molar-refractivity contribution is -0.0799. The summed E-state index contributed by atoms with van der Waals surface area (Å²) >= 11 is 0. The number of aromatic nitrogens is 2. The maximum absolute atomic E-state index is 13.8. The van der Waals surface area contributed by atoms with Crippen molar-refractivity contribution in [2.24, 2.45) is 12.2 Å². The number of nitriles is 1. The molecule has 8 nitrogen and oxygen atoms in total. The van der Waals surface area contributed by atoms with Crippen LogP contribution in [0.4, 0.5) is 8.78 Å². The molecule has 0 bridgehead atoms. The van der Waals surface area contributed by atoms with Crippen LogP contribution in [-0.4, -0.2) is 39.9 Å². The van der Waals surface area contributed by atoms with Crippen molar-refractivity contribution in [3.05, 3.63) is 98.7 Å². The van der Waals surface area contributed by atoms with Crippen molar-refractivity contribution in [3.63, 3.8) is 0 Å². The van der Waals surface area contributed by atoms with E-state index < -0.39 is 17.2 Å². The monoisotopic (exact) mass is 505 g/mol. The van der Waals surface area contributed by atoms with Gasteiger partial charge < -0.3 is 14.1 Å². The molecule has 0 saturated carbocycles. The standard InChI is InChI=1S/C27H25F2N5O3/c1-33-16-20-17-36-27(21(20)13-25(33)35)6-9-34(10-7-27)15-18-2-5-24(31-14-18)26(32-37-11-8-30)19-3-4-22(28)23(29)12-19/h2-5,12-14,16H,6-7,9-11,15,17H2,1H3/b32-26-. The highest BCUT2D eigenvalue weighted by molar-refractivity contribution is 6.11. The molecule has 0 amide bonds. The predicted molar refractivity (Wildman–Crippen MR) is 130 cm³/mol. The number of ether oxygens (including phenoxy) is 1. The number of hydrogen-bond acceptors (Lipinski definition) is 7. The number of halogens is 2. The van der Waals surface area contributed by atoms with Gasteiger partial charge in [-0.3, -0.25) is 14.7 Å². The van der Waals surface area contributed by atoms with Crippen LogP contribution < -0.4 is 5.56 Å². The van der Waals surface area contributed by atoms with Gasteiger partial charge in [0, 0.05) is 56.3 Å². The van der Waals surface area contributed by atoms with Gasteiger partial charge in [0.25, 0.3) is 5.56 Å². The maximum atomic E-state index is 13.8. The molecule has 1 aromatic carbocycles. The Balaban J connectivity index is 1.28. The van der Waals surface area contributed by atoms with Crippen molar-refractivity contribution in [1.29, 1.82) is 5.26 Å². The van der Waals surface area contributed by atoms with E-state index in [2.05, 4.69) is 15.0 Å². The predicted octanol–water partition coefficient (Wildman–Crippen LogP) is 3.37.